The molecule has 0 radical (unpaired) electrons. The zero-order valence-corrected chi connectivity index (χ0v) is 13.7. The van der Waals surface area contributed by atoms with Gasteiger partial charge in [0.05, 0.1) is 0 Å². The second-order valence-corrected chi connectivity index (χ2v) is 6.53. The molecule has 0 atom stereocenters. The molecule has 0 spiro atoms. The van der Waals surface area contributed by atoms with Gasteiger partial charge in [0, 0.05) is 36.3 Å². The molecule has 0 unspecified atom stereocenters. The first-order valence-electron chi connectivity index (χ1n) is 7.50. The fraction of sp³-hybridized carbons (Fsp3) is 0.750. The van der Waals surface area contributed by atoms with Crippen molar-refractivity contribution >= 4 is 12.4 Å². The van der Waals surface area contributed by atoms with E-state index in [0.29, 0.717) is 12.1 Å². The molecule has 1 rings (SSSR count). The number of allylic oxidation sites excluding steroid dienone is 1. The summed E-state index contributed by atoms with van der Waals surface area (Å²) in [5.74, 6) is 0.841. The fourth-order valence-corrected chi connectivity index (χ4v) is 2.61. The molecule has 4 heteroatoms. The third-order valence-electron chi connectivity index (χ3n) is 3.94. The van der Waals surface area contributed by atoms with Gasteiger partial charge >= 0.3 is 0 Å². The lowest BCUT2D eigenvalue weighted by molar-refractivity contribution is 0.331. The Balaban J connectivity index is 2.66. The van der Waals surface area contributed by atoms with Gasteiger partial charge in [-0.05, 0) is 39.4 Å². The highest BCUT2D eigenvalue weighted by Gasteiger charge is 2.21. The Bertz CT molecular complexity index is 368. The normalized spacial score (nSPS) is 25.4. The minimum absolute atomic E-state index is 0.0240. The van der Waals surface area contributed by atoms with E-state index in [1.807, 2.05) is 20.2 Å². The van der Waals surface area contributed by atoms with E-state index in [1.165, 1.54) is 25.7 Å². The average Bonchev–Trinajstić information content (AvgIpc) is 2.42. The molecule has 2 N–H and O–H groups in total. The Morgan fingerprint density at radius 3 is 2.10 bits per heavy atom. The quantitative estimate of drug-likeness (QED) is 0.760. The molecule has 0 saturated heterocycles. The Hall–Kier alpha value is -1.16. The predicted octanol–water partition coefficient (Wildman–Crippen LogP) is 2.77. The maximum absolute atomic E-state index is 4.37. The van der Waals surface area contributed by atoms with E-state index < -0.39 is 0 Å². The van der Waals surface area contributed by atoms with E-state index in [-0.39, 0.29) is 5.41 Å². The van der Waals surface area contributed by atoms with Crippen LogP contribution in [0.5, 0.6) is 0 Å². The van der Waals surface area contributed by atoms with Gasteiger partial charge in [0.25, 0.3) is 0 Å². The summed E-state index contributed by atoms with van der Waals surface area (Å²) in [5, 5.41) is 6.87. The maximum atomic E-state index is 4.37. The van der Waals surface area contributed by atoms with Crippen LogP contribution in [0, 0.1) is 5.41 Å². The number of hydrogen-bond acceptors (Lipinski definition) is 4. The molecule has 0 amide bonds. The molecule has 1 saturated carbocycles. The number of rotatable bonds is 5. The van der Waals surface area contributed by atoms with Gasteiger partial charge in [0.1, 0.15) is 5.82 Å². The molecule has 0 aromatic rings. The van der Waals surface area contributed by atoms with Crippen LogP contribution < -0.4 is 10.6 Å². The molecule has 114 valence electrons. The molecular formula is C16H30N4. The topological polar surface area (TPSA) is 48.8 Å². The summed E-state index contributed by atoms with van der Waals surface area (Å²) < 4.78 is 0. The highest BCUT2D eigenvalue weighted by Crippen LogP contribution is 2.21. The van der Waals surface area contributed by atoms with E-state index in [0.717, 1.165) is 11.5 Å². The summed E-state index contributed by atoms with van der Waals surface area (Å²) in [4.78, 5) is 8.49. The third kappa shape index (κ3) is 5.08. The number of aliphatic imine (C=N–C) groups is 2. The standard InChI is InChI=1S/C16H30N4/c1-16(2,3)14(18-5)11-15(19-6)20-13-9-7-12(17-4)8-10-13/h11-13,17,20H,6-10H2,1-5H3/b15-11+,18-14+/t12-,13+. The maximum Gasteiger partial charge on any atom is 0.127 e. The van der Waals surface area contributed by atoms with Crippen molar-refractivity contribution in [1.82, 2.24) is 10.6 Å². The highest BCUT2D eigenvalue weighted by atomic mass is 15.1. The summed E-state index contributed by atoms with van der Waals surface area (Å²) in [7, 11) is 3.87. The van der Waals surface area contributed by atoms with Gasteiger partial charge in [-0.2, -0.15) is 0 Å². The lowest BCUT2D eigenvalue weighted by atomic mass is 9.89. The van der Waals surface area contributed by atoms with Crippen molar-refractivity contribution in [2.75, 3.05) is 14.1 Å². The van der Waals surface area contributed by atoms with Gasteiger partial charge in [0.15, 0.2) is 0 Å². The zero-order valence-electron chi connectivity index (χ0n) is 13.7. The molecule has 1 aliphatic carbocycles. The second-order valence-electron chi connectivity index (χ2n) is 6.53. The van der Waals surface area contributed by atoms with Gasteiger partial charge in [-0.1, -0.05) is 20.8 Å². The largest absolute Gasteiger partial charge is 0.367 e. The van der Waals surface area contributed by atoms with Crippen LogP contribution in [-0.4, -0.2) is 38.6 Å². The van der Waals surface area contributed by atoms with Crippen LogP contribution >= 0.6 is 0 Å². The number of nitrogens with zero attached hydrogens (tertiary/aromatic N) is 2. The Morgan fingerprint density at radius 2 is 1.70 bits per heavy atom. The molecule has 0 aliphatic heterocycles. The zero-order chi connectivity index (χ0) is 15.2. The lowest BCUT2D eigenvalue weighted by Gasteiger charge is -2.29. The molecule has 20 heavy (non-hydrogen) atoms. The highest BCUT2D eigenvalue weighted by molar-refractivity contribution is 5.99. The fourth-order valence-electron chi connectivity index (χ4n) is 2.61. The van der Waals surface area contributed by atoms with Crippen LogP contribution in [0.15, 0.2) is 21.9 Å². The Kier molecular flexibility index (Phi) is 6.40. The summed E-state index contributed by atoms with van der Waals surface area (Å²) >= 11 is 0. The van der Waals surface area contributed by atoms with Gasteiger partial charge in [0.2, 0.25) is 0 Å². The summed E-state index contributed by atoms with van der Waals surface area (Å²) in [6, 6.07) is 1.16. The van der Waals surface area contributed by atoms with Crippen molar-refractivity contribution in [1.29, 1.82) is 0 Å². The van der Waals surface area contributed by atoms with Crippen molar-refractivity contribution in [2.24, 2.45) is 15.4 Å². The molecule has 0 heterocycles. The van der Waals surface area contributed by atoms with Crippen molar-refractivity contribution in [3.05, 3.63) is 11.9 Å². The minimum atomic E-state index is 0.0240. The molecule has 1 fully saturated rings. The SMILES string of the molecule is C=N/C(=C\C(=N/C)C(C)(C)C)N[C@H]1CC[C@@H](NC)CC1. The average molecular weight is 278 g/mol. The van der Waals surface area contributed by atoms with Gasteiger partial charge in [-0.15, -0.1) is 0 Å². The van der Waals surface area contributed by atoms with Gasteiger partial charge in [-0.3, -0.25) is 4.99 Å². The first kappa shape index (κ1) is 16.9. The van der Waals surface area contributed by atoms with Crippen LogP contribution in [0.1, 0.15) is 46.5 Å². The van der Waals surface area contributed by atoms with Crippen LogP contribution in [-0.2, 0) is 0 Å². The molecule has 4 nitrogen and oxygen atoms in total. The van der Waals surface area contributed by atoms with Gasteiger partial charge in [-0.25, -0.2) is 4.99 Å². The summed E-state index contributed by atoms with van der Waals surface area (Å²) in [5.41, 5.74) is 1.06. The van der Waals surface area contributed by atoms with E-state index in [4.69, 9.17) is 0 Å². The molecule has 0 aromatic heterocycles. The summed E-state index contributed by atoms with van der Waals surface area (Å²) in [6.45, 7) is 10.2. The third-order valence-corrected chi connectivity index (χ3v) is 3.94. The van der Waals surface area contributed by atoms with Crippen molar-refractivity contribution < 1.29 is 0 Å². The number of hydrogen-bond donors (Lipinski definition) is 2. The van der Waals surface area contributed by atoms with Crippen molar-refractivity contribution in [3.8, 4) is 0 Å². The van der Waals surface area contributed by atoms with Crippen LogP contribution in [0.4, 0.5) is 0 Å². The van der Waals surface area contributed by atoms with Gasteiger partial charge < -0.3 is 10.6 Å². The lowest BCUT2D eigenvalue weighted by Crippen LogP contribution is -2.38. The van der Waals surface area contributed by atoms with Crippen molar-refractivity contribution in [2.45, 2.75) is 58.5 Å². The van der Waals surface area contributed by atoms with Crippen LogP contribution in [0.2, 0.25) is 0 Å². The van der Waals surface area contributed by atoms with E-state index in [2.05, 4.69) is 48.1 Å². The number of nitrogens with one attached hydrogen (secondary N) is 2. The van der Waals surface area contributed by atoms with E-state index in [1.54, 1.807) is 0 Å². The molecular weight excluding hydrogens is 248 g/mol. The Labute approximate surface area is 123 Å². The minimum Gasteiger partial charge on any atom is -0.367 e. The second kappa shape index (κ2) is 7.58. The first-order chi connectivity index (χ1) is 9.40. The summed E-state index contributed by atoms with van der Waals surface area (Å²) in [6.07, 6.45) is 6.80. The molecule has 1 aliphatic rings. The van der Waals surface area contributed by atoms with E-state index >= 15 is 0 Å². The van der Waals surface area contributed by atoms with E-state index in [9.17, 15) is 0 Å². The molecule has 0 bridgehead atoms. The first-order valence-corrected chi connectivity index (χ1v) is 7.50. The van der Waals surface area contributed by atoms with Crippen LogP contribution in [0.25, 0.3) is 0 Å². The van der Waals surface area contributed by atoms with Crippen molar-refractivity contribution in [3.63, 3.8) is 0 Å². The van der Waals surface area contributed by atoms with Crippen LogP contribution in [0.3, 0.4) is 0 Å². The monoisotopic (exact) mass is 278 g/mol. The smallest absolute Gasteiger partial charge is 0.127 e. The predicted molar refractivity (Wildman–Crippen MR) is 88.7 cm³/mol. The molecule has 0 aromatic carbocycles. The Morgan fingerprint density at radius 1 is 1.15 bits per heavy atom.